The molecule has 1 N–H and O–H groups in total. The summed E-state index contributed by atoms with van der Waals surface area (Å²) in [6.45, 7) is 6.92. The molecule has 1 saturated heterocycles. The van der Waals surface area contributed by atoms with Crippen LogP contribution >= 0.6 is 0 Å². The molecule has 3 heterocycles. The zero-order valence-corrected chi connectivity index (χ0v) is 16.2. The van der Waals surface area contributed by atoms with Gasteiger partial charge in [0.25, 0.3) is 0 Å². The van der Waals surface area contributed by atoms with E-state index in [0.717, 1.165) is 24.4 Å². The predicted molar refractivity (Wildman–Crippen MR) is 102 cm³/mol. The molecule has 2 aromatic heterocycles. The highest BCUT2D eigenvalue weighted by Crippen LogP contribution is 2.27. The van der Waals surface area contributed by atoms with Crippen molar-refractivity contribution in [3.05, 3.63) is 48.3 Å². The van der Waals surface area contributed by atoms with E-state index in [1.165, 1.54) is 6.92 Å². The van der Waals surface area contributed by atoms with Gasteiger partial charge in [0.05, 0.1) is 12.2 Å². The van der Waals surface area contributed by atoms with Crippen LogP contribution in [0.4, 0.5) is 0 Å². The van der Waals surface area contributed by atoms with Crippen LogP contribution < -0.4 is 5.32 Å². The van der Waals surface area contributed by atoms with Gasteiger partial charge in [0.15, 0.2) is 0 Å². The largest absolute Gasteiger partial charge is 0.342 e. The summed E-state index contributed by atoms with van der Waals surface area (Å²) in [7, 11) is 0. The van der Waals surface area contributed by atoms with Crippen LogP contribution in [0.1, 0.15) is 51.0 Å². The van der Waals surface area contributed by atoms with E-state index in [0.29, 0.717) is 19.6 Å². The molecule has 1 aliphatic rings. The summed E-state index contributed by atoms with van der Waals surface area (Å²) >= 11 is 0. The molecule has 0 aliphatic carbocycles. The average Bonchev–Trinajstić information content (AvgIpc) is 3.09. The molecule has 27 heavy (non-hydrogen) atoms. The number of pyridine rings is 1. The minimum Gasteiger partial charge on any atom is -0.342 e. The molecule has 0 saturated carbocycles. The third-order valence-corrected chi connectivity index (χ3v) is 4.90. The number of carbonyl (C=O) groups is 2. The lowest BCUT2D eigenvalue weighted by atomic mass is 9.94. The van der Waals surface area contributed by atoms with Crippen molar-refractivity contribution >= 4 is 11.8 Å². The first kappa shape index (κ1) is 19.1. The number of hydrogen-bond acceptors (Lipinski definition) is 4. The normalized spacial score (nSPS) is 17.6. The number of likely N-dealkylation sites (tertiary alicyclic amines) is 1. The van der Waals surface area contributed by atoms with E-state index in [1.54, 1.807) is 26.2 Å². The molecule has 0 radical (unpaired) electrons. The van der Waals surface area contributed by atoms with Crippen molar-refractivity contribution in [3.63, 3.8) is 0 Å². The number of amides is 2. The van der Waals surface area contributed by atoms with Crippen LogP contribution in [0, 0.1) is 0 Å². The number of nitrogens with zero attached hydrogens (tertiary/aromatic N) is 4. The van der Waals surface area contributed by atoms with E-state index in [-0.39, 0.29) is 17.7 Å². The number of carbonyl (C=O) groups excluding carboxylic acids is 2. The number of piperidine rings is 1. The Morgan fingerprint density at radius 3 is 2.78 bits per heavy atom. The monoisotopic (exact) mass is 369 g/mol. The number of nitrogens with one attached hydrogen (secondary N) is 1. The number of hydrogen-bond donors (Lipinski definition) is 1. The van der Waals surface area contributed by atoms with Gasteiger partial charge in [0, 0.05) is 44.5 Å². The summed E-state index contributed by atoms with van der Waals surface area (Å²) < 4.78 is 2.11. The first-order valence-corrected chi connectivity index (χ1v) is 9.36. The molecular formula is C20H27N5O2. The molecule has 1 atom stereocenters. The smallest absolute Gasteiger partial charge is 0.247 e. The van der Waals surface area contributed by atoms with E-state index in [2.05, 4.69) is 19.9 Å². The standard InChI is InChI=1S/C20H27N5O2/c1-15(26)23-20(2,3)19(27)25-11-6-7-16(13-25)18-22-10-12-24(18)14-17-8-4-5-9-21-17/h4-5,8-10,12,16H,6-7,11,13-14H2,1-3H3,(H,23,26). The summed E-state index contributed by atoms with van der Waals surface area (Å²) in [5.74, 6) is 0.906. The summed E-state index contributed by atoms with van der Waals surface area (Å²) in [4.78, 5) is 35.1. The third-order valence-electron chi connectivity index (χ3n) is 4.90. The second kappa shape index (κ2) is 7.90. The van der Waals surface area contributed by atoms with Crippen LogP contribution in [0.2, 0.25) is 0 Å². The fraction of sp³-hybridized carbons (Fsp3) is 0.500. The Morgan fingerprint density at radius 1 is 1.26 bits per heavy atom. The van der Waals surface area contributed by atoms with Gasteiger partial charge in [-0.2, -0.15) is 0 Å². The van der Waals surface area contributed by atoms with E-state index >= 15 is 0 Å². The van der Waals surface area contributed by atoms with Crippen LogP contribution in [0.15, 0.2) is 36.8 Å². The summed E-state index contributed by atoms with van der Waals surface area (Å²) in [5, 5.41) is 2.75. The lowest BCUT2D eigenvalue weighted by Gasteiger charge is -2.37. The number of aromatic nitrogens is 3. The topological polar surface area (TPSA) is 80.1 Å². The maximum absolute atomic E-state index is 12.9. The Balaban J connectivity index is 1.73. The van der Waals surface area contributed by atoms with Gasteiger partial charge in [0.2, 0.25) is 11.8 Å². The molecule has 0 bridgehead atoms. The molecule has 3 rings (SSSR count). The van der Waals surface area contributed by atoms with E-state index < -0.39 is 5.54 Å². The Kier molecular flexibility index (Phi) is 5.58. The van der Waals surface area contributed by atoms with Crippen LogP contribution in [-0.2, 0) is 16.1 Å². The van der Waals surface area contributed by atoms with Gasteiger partial charge in [-0.1, -0.05) is 6.07 Å². The van der Waals surface area contributed by atoms with Crippen LogP contribution in [0.3, 0.4) is 0 Å². The molecular weight excluding hydrogens is 342 g/mol. The third kappa shape index (κ3) is 4.53. The van der Waals surface area contributed by atoms with Gasteiger partial charge in [0.1, 0.15) is 11.4 Å². The first-order chi connectivity index (χ1) is 12.9. The lowest BCUT2D eigenvalue weighted by molar-refractivity contribution is -0.141. The maximum Gasteiger partial charge on any atom is 0.247 e. The van der Waals surface area contributed by atoms with Gasteiger partial charge in [-0.05, 0) is 38.8 Å². The summed E-state index contributed by atoms with van der Waals surface area (Å²) in [5.41, 5.74) is 0.0733. The zero-order chi connectivity index (χ0) is 19.4. The van der Waals surface area contributed by atoms with Crippen molar-refractivity contribution in [3.8, 4) is 0 Å². The van der Waals surface area contributed by atoms with E-state index in [1.807, 2.05) is 29.3 Å². The second-order valence-electron chi connectivity index (χ2n) is 7.63. The quantitative estimate of drug-likeness (QED) is 0.874. The summed E-state index contributed by atoms with van der Waals surface area (Å²) in [6, 6.07) is 5.88. The van der Waals surface area contributed by atoms with Crippen LogP contribution in [0.5, 0.6) is 0 Å². The Labute approximate surface area is 159 Å². The average molecular weight is 369 g/mol. The molecule has 0 aromatic carbocycles. The van der Waals surface area contributed by atoms with Crippen molar-refractivity contribution in [2.24, 2.45) is 0 Å². The van der Waals surface area contributed by atoms with Gasteiger partial charge >= 0.3 is 0 Å². The fourth-order valence-corrected chi connectivity index (χ4v) is 3.74. The van der Waals surface area contributed by atoms with E-state index in [9.17, 15) is 9.59 Å². The molecule has 7 heteroatoms. The molecule has 7 nitrogen and oxygen atoms in total. The molecule has 144 valence electrons. The van der Waals surface area contributed by atoms with Crippen molar-refractivity contribution in [2.45, 2.75) is 51.6 Å². The van der Waals surface area contributed by atoms with Crippen molar-refractivity contribution in [1.29, 1.82) is 0 Å². The SMILES string of the molecule is CC(=O)NC(C)(C)C(=O)N1CCCC(c2nccn2Cc2ccccn2)C1. The molecule has 2 amide bonds. The van der Waals surface area contributed by atoms with Crippen LogP contribution in [0.25, 0.3) is 0 Å². The lowest BCUT2D eigenvalue weighted by Crippen LogP contribution is -2.57. The highest BCUT2D eigenvalue weighted by atomic mass is 16.2. The van der Waals surface area contributed by atoms with E-state index in [4.69, 9.17) is 0 Å². The van der Waals surface area contributed by atoms with Gasteiger partial charge in [-0.3, -0.25) is 14.6 Å². The van der Waals surface area contributed by atoms with Gasteiger partial charge in [-0.15, -0.1) is 0 Å². The Hall–Kier alpha value is -2.70. The van der Waals surface area contributed by atoms with Gasteiger partial charge < -0.3 is 14.8 Å². The highest BCUT2D eigenvalue weighted by Gasteiger charge is 2.36. The molecule has 1 unspecified atom stereocenters. The molecule has 2 aromatic rings. The number of rotatable bonds is 5. The van der Waals surface area contributed by atoms with Crippen molar-refractivity contribution < 1.29 is 9.59 Å². The molecule has 1 aliphatic heterocycles. The van der Waals surface area contributed by atoms with Gasteiger partial charge in [-0.25, -0.2) is 4.98 Å². The molecule has 1 fully saturated rings. The minimum absolute atomic E-state index is 0.0507. The second-order valence-corrected chi connectivity index (χ2v) is 7.63. The maximum atomic E-state index is 12.9. The van der Waals surface area contributed by atoms with Crippen molar-refractivity contribution in [2.75, 3.05) is 13.1 Å². The van der Waals surface area contributed by atoms with Crippen molar-refractivity contribution in [1.82, 2.24) is 24.8 Å². The minimum atomic E-state index is -0.906. The Bertz CT molecular complexity index is 800. The predicted octanol–water partition coefficient (Wildman–Crippen LogP) is 1.95. The fourth-order valence-electron chi connectivity index (χ4n) is 3.74. The first-order valence-electron chi connectivity index (χ1n) is 9.36. The zero-order valence-electron chi connectivity index (χ0n) is 16.2. The Morgan fingerprint density at radius 2 is 2.07 bits per heavy atom. The highest BCUT2D eigenvalue weighted by molar-refractivity contribution is 5.90. The number of imidazole rings is 1. The summed E-state index contributed by atoms with van der Waals surface area (Å²) in [6.07, 6.45) is 7.47. The van der Waals surface area contributed by atoms with Crippen LogP contribution in [-0.4, -0.2) is 49.9 Å². The molecule has 0 spiro atoms.